The molecule has 3 heterocycles. The van der Waals surface area contributed by atoms with Gasteiger partial charge in [-0.05, 0) is 43.5 Å². The van der Waals surface area contributed by atoms with E-state index in [2.05, 4.69) is 15.3 Å². The smallest absolute Gasteiger partial charge is 0.246 e. The molecule has 9 heteroatoms. The molecule has 1 aliphatic rings. The Morgan fingerprint density at radius 2 is 1.96 bits per heavy atom. The molecule has 1 N–H and O–H groups in total. The third kappa shape index (κ3) is 4.45. The molecule has 3 rings (SSSR count). The van der Waals surface area contributed by atoms with Gasteiger partial charge < -0.3 is 5.32 Å². The van der Waals surface area contributed by atoms with E-state index in [1.165, 1.54) is 16.6 Å². The van der Waals surface area contributed by atoms with Gasteiger partial charge in [0.2, 0.25) is 15.9 Å². The van der Waals surface area contributed by atoms with Crippen molar-refractivity contribution in [3.8, 4) is 0 Å². The van der Waals surface area contributed by atoms with Crippen LogP contribution in [0.3, 0.4) is 0 Å². The molecule has 1 aliphatic heterocycles. The molecule has 2 aromatic heterocycles. The highest BCUT2D eigenvalue weighted by Crippen LogP contribution is 2.27. The van der Waals surface area contributed by atoms with Crippen molar-refractivity contribution >= 4 is 27.5 Å². The highest BCUT2D eigenvalue weighted by Gasteiger charge is 2.33. The number of halogens is 1. The Bertz CT molecular complexity index is 900. The van der Waals surface area contributed by atoms with Crippen molar-refractivity contribution in [2.24, 2.45) is 5.92 Å². The minimum absolute atomic E-state index is 0.000215. The van der Waals surface area contributed by atoms with Gasteiger partial charge in [-0.2, -0.15) is 4.31 Å². The summed E-state index contributed by atoms with van der Waals surface area (Å²) in [6.45, 7) is 2.44. The number of nitrogens with one attached hydrogen (secondary N) is 1. The first-order valence-corrected chi connectivity index (χ1v) is 10.5. The van der Waals surface area contributed by atoms with Gasteiger partial charge in [-0.1, -0.05) is 17.7 Å². The number of aromatic nitrogens is 2. The molecule has 0 spiro atoms. The van der Waals surface area contributed by atoms with E-state index in [4.69, 9.17) is 11.6 Å². The lowest BCUT2D eigenvalue weighted by molar-refractivity contribution is -0.126. The summed E-state index contributed by atoms with van der Waals surface area (Å²) in [5.74, 6) is -0.289. The van der Waals surface area contributed by atoms with Crippen LogP contribution in [0.25, 0.3) is 0 Å². The maximum atomic E-state index is 12.7. The zero-order chi connectivity index (χ0) is 19.4. The average Bonchev–Trinajstić information content (AvgIpc) is 2.69. The number of hydrogen-bond donors (Lipinski definition) is 1. The van der Waals surface area contributed by atoms with Crippen LogP contribution in [0.4, 0.5) is 0 Å². The van der Waals surface area contributed by atoms with Crippen LogP contribution in [-0.4, -0.2) is 41.7 Å². The second kappa shape index (κ2) is 8.33. The van der Waals surface area contributed by atoms with E-state index < -0.39 is 10.0 Å². The third-order valence-electron chi connectivity index (χ3n) is 4.71. The summed E-state index contributed by atoms with van der Waals surface area (Å²) in [6, 6.07) is 6.56. The van der Waals surface area contributed by atoms with Crippen LogP contribution in [0.2, 0.25) is 5.15 Å². The van der Waals surface area contributed by atoms with Gasteiger partial charge in [0.25, 0.3) is 0 Å². The first-order valence-electron chi connectivity index (χ1n) is 8.70. The fourth-order valence-corrected chi connectivity index (χ4v) is 5.01. The molecule has 0 saturated carbocycles. The quantitative estimate of drug-likeness (QED) is 0.767. The fourth-order valence-electron chi connectivity index (χ4n) is 3.11. The Balaban J connectivity index is 1.60. The van der Waals surface area contributed by atoms with Crippen LogP contribution in [0, 0.1) is 5.92 Å². The molecule has 1 fully saturated rings. The van der Waals surface area contributed by atoms with Crippen molar-refractivity contribution in [1.82, 2.24) is 19.6 Å². The number of carbonyl (C=O) groups is 1. The molecular formula is C18H21ClN4O3S. The molecule has 1 atom stereocenters. The highest BCUT2D eigenvalue weighted by molar-refractivity contribution is 7.89. The average molecular weight is 409 g/mol. The van der Waals surface area contributed by atoms with Crippen LogP contribution < -0.4 is 5.32 Å². The standard InChI is InChI=1S/C18H21ClN4O3S/c1-13(15-4-2-8-20-12-15)22-18(24)14-6-10-23(11-7-14)27(25,26)16-5-3-9-21-17(16)19/h2-5,8-9,12-14H,6-7,10-11H2,1H3,(H,22,24)/t13-/m0/s1. The Kier molecular flexibility index (Phi) is 6.08. The second-order valence-corrected chi connectivity index (χ2v) is 8.75. The number of carbonyl (C=O) groups excluding carboxylic acids is 1. The van der Waals surface area contributed by atoms with Gasteiger partial charge in [-0.25, -0.2) is 13.4 Å². The number of piperidine rings is 1. The summed E-state index contributed by atoms with van der Waals surface area (Å²) in [4.78, 5) is 20.4. The molecule has 27 heavy (non-hydrogen) atoms. The van der Waals surface area contributed by atoms with E-state index in [1.807, 2.05) is 19.1 Å². The lowest BCUT2D eigenvalue weighted by Crippen LogP contribution is -2.43. The number of nitrogens with zero attached hydrogens (tertiary/aromatic N) is 3. The monoisotopic (exact) mass is 408 g/mol. The molecule has 1 amide bonds. The van der Waals surface area contributed by atoms with E-state index in [0.29, 0.717) is 12.8 Å². The molecule has 0 bridgehead atoms. The normalized spacial score (nSPS) is 17.4. The fraction of sp³-hybridized carbons (Fsp3) is 0.389. The van der Waals surface area contributed by atoms with Gasteiger partial charge >= 0.3 is 0 Å². The van der Waals surface area contributed by atoms with Crippen LogP contribution in [0.5, 0.6) is 0 Å². The van der Waals surface area contributed by atoms with Crippen LogP contribution >= 0.6 is 11.6 Å². The van der Waals surface area contributed by atoms with Gasteiger partial charge in [-0.3, -0.25) is 9.78 Å². The predicted molar refractivity (Wildman–Crippen MR) is 102 cm³/mol. The van der Waals surface area contributed by atoms with Crippen LogP contribution in [0.1, 0.15) is 31.4 Å². The summed E-state index contributed by atoms with van der Waals surface area (Å²) in [5, 5.41) is 2.94. The maximum Gasteiger partial charge on any atom is 0.246 e. The zero-order valence-corrected chi connectivity index (χ0v) is 16.4. The topological polar surface area (TPSA) is 92.3 Å². The van der Waals surface area contributed by atoms with Crippen molar-refractivity contribution in [2.45, 2.75) is 30.7 Å². The van der Waals surface area contributed by atoms with E-state index in [1.54, 1.807) is 18.5 Å². The number of sulfonamides is 1. The molecule has 7 nitrogen and oxygen atoms in total. The van der Waals surface area contributed by atoms with E-state index >= 15 is 0 Å². The minimum Gasteiger partial charge on any atom is -0.349 e. The van der Waals surface area contributed by atoms with Gasteiger partial charge in [-0.15, -0.1) is 0 Å². The molecular weight excluding hydrogens is 388 g/mol. The SMILES string of the molecule is C[C@H](NC(=O)C1CCN(S(=O)(=O)c2cccnc2Cl)CC1)c1cccnc1. The largest absolute Gasteiger partial charge is 0.349 e. The molecule has 1 saturated heterocycles. The van der Waals surface area contributed by atoms with Crippen LogP contribution in [0.15, 0.2) is 47.8 Å². The molecule has 0 unspecified atom stereocenters. The second-order valence-electron chi connectivity index (χ2n) is 6.49. The molecule has 0 aliphatic carbocycles. The van der Waals surface area contributed by atoms with E-state index in [9.17, 15) is 13.2 Å². The van der Waals surface area contributed by atoms with E-state index in [0.717, 1.165) is 5.56 Å². The zero-order valence-electron chi connectivity index (χ0n) is 14.9. The van der Waals surface area contributed by atoms with Gasteiger partial charge in [0.05, 0.1) is 6.04 Å². The summed E-state index contributed by atoms with van der Waals surface area (Å²) < 4.78 is 26.8. The summed E-state index contributed by atoms with van der Waals surface area (Å²) >= 11 is 5.94. The number of amides is 1. The van der Waals surface area contributed by atoms with Crippen molar-refractivity contribution < 1.29 is 13.2 Å². The molecule has 0 aromatic carbocycles. The predicted octanol–water partition coefficient (Wildman–Crippen LogP) is 2.41. The summed E-state index contributed by atoms with van der Waals surface area (Å²) in [7, 11) is -3.71. The van der Waals surface area contributed by atoms with E-state index in [-0.39, 0.29) is 41.0 Å². The Labute approximate surface area is 163 Å². The molecule has 2 aromatic rings. The number of hydrogen-bond acceptors (Lipinski definition) is 5. The minimum atomic E-state index is -3.71. The Morgan fingerprint density at radius 3 is 2.59 bits per heavy atom. The third-order valence-corrected chi connectivity index (χ3v) is 7.05. The lowest BCUT2D eigenvalue weighted by atomic mass is 9.96. The maximum absolute atomic E-state index is 12.7. The van der Waals surface area contributed by atoms with Gasteiger partial charge in [0.15, 0.2) is 0 Å². The Hall–Kier alpha value is -2.03. The number of pyridine rings is 2. The summed E-state index contributed by atoms with van der Waals surface area (Å²) in [5.41, 5.74) is 0.928. The van der Waals surface area contributed by atoms with Crippen molar-refractivity contribution in [2.75, 3.05) is 13.1 Å². The Morgan fingerprint density at radius 1 is 1.26 bits per heavy atom. The van der Waals surface area contributed by atoms with Crippen molar-refractivity contribution in [1.29, 1.82) is 0 Å². The summed E-state index contributed by atoms with van der Waals surface area (Å²) in [6.07, 6.45) is 5.77. The first-order chi connectivity index (χ1) is 12.9. The lowest BCUT2D eigenvalue weighted by Gasteiger charge is -2.31. The molecule has 144 valence electrons. The highest BCUT2D eigenvalue weighted by atomic mass is 35.5. The van der Waals surface area contributed by atoms with Crippen LogP contribution in [-0.2, 0) is 14.8 Å². The van der Waals surface area contributed by atoms with Gasteiger partial charge in [0, 0.05) is 37.6 Å². The molecule has 0 radical (unpaired) electrons. The van der Waals surface area contributed by atoms with Crippen molar-refractivity contribution in [3.05, 3.63) is 53.6 Å². The first kappa shape index (κ1) is 19.7. The van der Waals surface area contributed by atoms with Gasteiger partial charge in [0.1, 0.15) is 10.0 Å². The number of rotatable bonds is 5. The van der Waals surface area contributed by atoms with Crippen molar-refractivity contribution in [3.63, 3.8) is 0 Å².